The van der Waals surface area contributed by atoms with E-state index in [1.165, 1.54) is 24.5 Å². The number of hydrogen-bond acceptors (Lipinski definition) is 3. The minimum absolute atomic E-state index is 0.0717. The number of carbonyl (C=O) groups is 1. The van der Waals surface area contributed by atoms with Crippen molar-refractivity contribution in [3.05, 3.63) is 47.7 Å². The molecule has 17 heavy (non-hydrogen) atoms. The minimum atomic E-state index is -1.17. The molecule has 86 valence electrons. The van der Waals surface area contributed by atoms with Gasteiger partial charge >= 0.3 is 5.97 Å². The molecule has 0 fully saturated rings. The van der Waals surface area contributed by atoms with E-state index in [0.29, 0.717) is 5.69 Å². The molecule has 0 radical (unpaired) electrons. The number of nitrogens with zero attached hydrogens (tertiary/aromatic N) is 2. The van der Waals surface area contributed by atoms with Crippen LogP contribution >= 0.6 is 0 Å². The molecule has 2 rings (SSSR count). The van der Waals surface area contributed by atoms with E-state index >= 15 is 0 Å². The summed E-state index contributed by atoms with van der Waals surface area (Å²) in [5.41, 5.74) is 0.502. The van der Waals surface area contributed by atoms with E-state index in [1.54, 1.807) is 13.0 Å². The zero-order chi connectivity index (χ0) is 12.4. The van der Waals surface area contributed by atoms with E-state index in [-0.39, 0.29) is 16.8 Å². The Bertz CT molecular complexity index is 584. The Morgan fingerprint density at radius 3 is 2.65 bits per heavy atom. The van der Waals surface area contributed by atoms with Crippen molar-refractivity contribution in [2.45, 2.75) is 6.92 Å². The van der Waals surface area contributed by atoms with Gasteiger partial charge in [0.15, 0.2) is 0 Å². The van der Waals surface area contributed by atoms with Gasteiger partial charge < -0.3 is 5.11 Å². The Kier molecular flexibility index (Phi) is 2.82. The second-order valence-electron chi connectivity index (χ2n) is 3.47. The Labute approximate surface area is 96.8 Å². The highest BCUT2D eigenvalue weighted by atomic mass is 19.1. The molecule has 1 N–H and O–H groups in total. The fourth-order valence-electron chi connectivity index (χ4n) is 1.59. The summed E-state index contributed by atoms with van der Waals surface area (Å²) in [6.45, 7) is 1.55. The Balaban J connectivity index is 2.72. The van der Waals surface area contributed by atoms with E-state index < -0.39 is 11.8 Å². The summed E-state index contributed by atoms with van der Waals surface area (Å²) in [7, 11) is 0. The van der Waals surface area contributed by atoms with E-state index in [2.05, 4.69) is 9.97 Å². The molecular formula is C12H9FN2O2. The molecule has 2 aromatic rings. The van der Waals surface area contributed by atoms with Crippen molar-refractivity contribution in [2.75, 3.05) is 0 Å². The van der Waals surface area contributed by atoms with E-state index in [1.807, 2.05) is 0 Å². The minimum Gasteiger partial charge on any atom is -0.478 e. The summed E-state index contributed by atoms with van der Waals surface area (Å²) in [4.78, 5) is 18.8. The van der Waals surface area contributed by atoms with Gasteiger partial charge in [0.25, 0.3) is 0 Å². The van der Waals surface area contributed by atoms with Crippen molar-refractivity contribution in [2.24, 2.45) is 0 Å². The summed E-state index contributed by atoms with van der Waals surface area (Å²) in [6.07, 6.45) is 1.23. The second kappa shape index (κ2) is 4.29. The van der Waals surface area contributed by atoms with Crippen LogP contribution in [0.4, 0.5) is 4.39 Å². The molecule has 0 saturated heterocycles. The maximum Gasteiger partial charge on any atom is 0.339 e. The van der Waals surface area contributed by atoms with Gasteiger partial charge in [0.05, 0.1) is 11.4 Å². The fraction of sp³-hybridized carbons (Fsp3) is 0.0833. The third kappa shape index (κ3) is 1.99. The highest BCUT2D eigenvalue weighted by Gasteiger charge is 2.18. The van der Waals surface area contributed by atoms with Crippen molar-refractivity contribution in [3.63, 3.8) is 0 Å². The monoisotopic (exact) mass is 232 g/mol. The lowest BCUT2D eigenvalue weighted by Gasteiger charge is -2.07. The summed E-state index contributed by atoms with van der Waals surface area (Å²) < 4.78 is 13.6. The predicted molar refractivity (Wildman–Crippen MR) is 59.1 cm³/mol. The summed E-state index contributed by atoms with van der Waals surface area (Å²) in [5.74, 6) is -1.67. The second-order valence-corrected chi connectivity index (χ2v) is 3.47. The zero-order valence-corrected chi connectivity index (χ0v) is 9.01. The Hall–Kier alpha value is -2.30. The van der Waals surface area contributed by atoms with Crippen LogP contribution < -0.4 is 0 Å². The lowest BCUT2D eigenvalue weighted by molar-refractivity contribution is 0.0696. The molecule has 0 saturated carbocycles. The van der Waals surface area contributed by atoms with Crippen LogP contribution in [-0.4, -0.2) is 21.0 Å². The van der Waals surface area contributed by atoms with Crippen LogP contribution in [0.15, 0.2) is 30.6 Å². The number of hydrogen-bond donors (Lipinski definition) is 1. The quantitative estimate of drug-likeness (QED) is 0.862. The zero-order valence-electron chi connectivity index (χ0n) is 9.01. The van der Waals surface area contributed by atoms with E-state index in [4.69, 9.17) is 5.11 Å². The summed E-state index contributed by atoms with van der Waals surface area (Å²) in [5, 5.41) is 9.10. The maximum atomic E-state index is 13.6. The maximum absolute atomic E-state index is 13.6. The molecule has 0 bridgehead atoms. The third-order valence-corrected chi connectivity index (χ3v) is 2.38. The number of aryl methyl sites for hydroxylation is 1. The lowest BCUT2D eigenvalue weighted by Crippen LogP contribution is -2.07. The van der Waals surface area contributed by atoms with Gasteiger partial charge in [0, 0.05) is 5.56 Å². The molecule has 0 spiro atoms. The molecule has 0 amide bonds. The normalized spacial score (nSPS) is 10.2. The molecule has 0 aliphatic rings. The predicted octanol–water partition coefficient (Wildman–Crippen LogP) is 2.29. The van der Waals surface area contributed by atoms with Crippen molar-refractivity contribution in [3.8, 4) is 11.3 Å². The van der Waals surface area contributed by atoms with Crippen molar-refractivity contribution >= 4 is 5.97 Å². The molecule has 4 nitrogen and oxygen atoms in total. The smallest absolute Gasteiger partial charge is 0.339 e. The van der Waals surface area contributed by atoms with Gasteiger partial charge in [-0.1, -0.05) is 12.1 Å². The molecule has 1 aromatic carbocycles. The molecule has 5 heteroatoms. The van der Waals surface area contributed by atoms with Crippen LogP contribution in [0.5, 0.6) is 0 Å². The average Bonchev–Trinajstić information content (AvgIpc) is 2.28. The van der Waals surface area contributed by atoms with Gasteiger partial charge in [-0.25, -0.2) is 19.2 Å². The van der Waals surface area contributed by atoms with Crippen molar-refractivity contribution < 1.29 is 14.3 Å². The van der Waals surface area contributed by atoms with E-state index in [9.17, 15) is 9.18 Å². The molecule has 0 unspecified atom stereocenters. The lowest BCUT2D eigenvalue weighted by atomic mass is 10.0. The number of rotatable bonds is 2. The SMILES string of the molecule is Cc1ncnc(-c2ccccc2F)c1C(=O)O. The highest BCUT2D eigenvalue weighted by molar-refractivity contribution is 5.95. The summed E-state index contributed by atoms with van der Waals surface area (Å²) >= 11 is 0. The summed E-state index contributed by atoms with van der Waals surface area (Å²) in [6, 6.07) is 5.91. The molecular weight excluding hydrogens is 223 g/mol. The van der Waals surface area contributed by atoms with Crippen LogP contribution in [0.3, 0.4) is 0 Å². The number of carboxylic acids is 1. The molecule has 1 aromatic heterocycles. The molecule has 0 atom stereocenters. The number of benzene rings is 1. The first-order valence-corrected chi connectivity index (χ1v) is 4.91. The standard InChI is InChI=1S/C12H9FN2O2/c1-7-10(12(16)17)11(15-6-14-7)8-4-2-3-5-9(8)13/h2-6H,1H3,(H,16,17). The van der Waals surface area contributed by atoms with Crippen molar-refractivity contribution in [1.82, 2.24) is 9.97 Å². The first-order chi connectivity index (χ1) is 8.11. The van der Waals surface area contributed by atoms with Crippen LogP contribution in [0.1, 0.15) is 16.1 Å². The Morgan fingerprint density at radius 2 is 2.00 bits per heavy atom. The fourth-order valence-corrected chi connectivity index (χ4v) is 1.59. The van der Waals surface area contributed by atoms with Gasteiger partial charge in [0.2, 0.25) is 0 Å². The molecule has 1 heterocycles. The van der Waals surface area contributed by atoms with Crippen LogP contribution in [0.25, 0.3) is 11.3 Å². The average molecular weight is 232 g/mol. The van der Waals surface area contributed by atoms with Crippen LogP contribution in [0, 0.1) is 12.7 Å². The van der Waals surface area contributed by atoms with Crippen LogP contribution in [0.2, 0.25) is 0 Å². The largest absolute Gasteiger partial charge is 0.478 e. The van der Waals surface area contributed by atoms with Gasteiger partial charge in [-0.05, 0) is 19.1 Å². The number of aromatic nitrogens is 2. The first-order valence-electron chi connectivity index (χ1n) is 4.91. The third-order valence-electron chi connectivity index (χ3n) is 2.38. The topological polar surface area (TPSA) is 63.1 Å². The van der Waals surface area contributed by atoms with Gasteiger partial charge in [-0.15, -0.1) is 0 Å². The number of carboxylic acid groups (broad SMARTS) is 1. The Morgan fingerprint density at radius 1 is 1.29 bits per heavy atom. The number of aromatic carboxylic acids is 1. The van der Waals surface area contributed by atoms with Gasteiger partial charge in [-0.3, -0.25) is 0 Å². The number of halogens is 1. The van der Waals surface area contributed by atoms with Crippen molar-refractivity contribution in [1.29, 1.82) is 0 Å². The van der Waals surface area contributed by atoms with Gasteiger partial charge in [-0.2, -0.15) is 0 Å². The molecule has 0 aliphatic carbocycles. The van der Waals surface area contributed by atoms with E-state index in [0.717, 1.165) is 0 Å². The molecule has 0 aliphatic heterocycles. The highest BCUT2D eigenvalue weighted by Crippen LogP contribution is 2.25. The first kappa shape index (κ1) is 11.2. The van der Waals surface area contributed by atoms with Gasteiger partial charge in [0.1, 0.15) is 17.7 Å². The van der Waals surface area contributed by atoms with Crippen LogP contribution in [-0.2, 0) is 0 Å².